The second-order valence-electron chi connectivity index (χ2n) is 6.25. The summed E-state index contributed by atoms with van der Waals surface area (Å²) < 4.78 is 29.1. The second-order valence-corrected chi connectivity index (χ2v) is 6.25. The van der Waals surface area contributed by atoms with Gasteiger partial charge in [-0.3, -0.25) is 0 Å². The van der Waals surface area contributed by atoms with Gasteiger partial charge in [0.2, 0.25) is 0 Å². The van der Waals surface area contributed by atoms with Gasteiger partial charge in [-0.15, -0.1) is 0 Å². The topological polar surface area (TPSA) is 0 Å². The van der Waals surface area contributed by atoms with Crippen molar-refractivity contribution in [3.63, 3.8) is 0 Å². The fourth-order valence-electron chi connectivity index (χ4n) is 2.17. The fraction of sp³-hybridized carbons (Fsp3) is 0.263. The van der Waals surface area contributed by atoms with Crippen molar-refractivity contribution in [2.45, 2.75) is 32.1 Å². The molecule has 0 unspecified atom stereocenters. The van der Waals surface area contributed by atoms with E-state index < -0.39 is 5.92 Å². The maximum absolute atomic E-state index is 14.6. The standard InChI is InChI=1S/C19H20F2/c1-14(15-8-6-5-7-9-15)19(20,21)17-12-10-16(11-13-17)18(2,3)4/h5-13H,1H2,2-4H3. The lowest BCUT2D eigenvalue weighted by Crippen LogP contribution is -2.16. The normalized spacial score (nSPS) is 12.2. The van der Waals surface area contributed by atoms with Crippen molar-refractivity contribution >= 4 is 5.57 Å². The van der Waals surface area contributed by atoms with Crippen LogP contribution in [0.2, 0.25) is 0 Å². The van der Waals surface area contributed by atoms with E-state index in [1.54, 1.807) is 42.5 Å². The van der Waals surface area contributed by atoms with Gasteiger partial charge in [0.15, 0.2) is 0 Å². The van der Waals surface area contributed by atoms with Gasteiger partial charge >= 0.3 is 0 Å². The van der Waals surface area contributed by atoms with E-state index in [9.17, 15) is 8.78 Å². The highest BCUT2D eigenvalue weighted by Crippen LogP contribution is 2.40. The van der Waals surface area contributed by atoms with Crippen LogP contribution >= 0.6 is 0 Å². The van der Waals surface area contributed by atoms with Crippen molar-refractivity contribution in [1.29, 1.82) is 0 Å². The molecule has 0 aromatic heterocycles. The first kappa shape index (κ1) is 15.4. The molecule has 0 radical (unpaired) electrons. The van der Waals surface area contributed by atoms with Gasteiger partial charge in [-0.2, -0.15) is 8.78 Å². The average molecular weight is 286 g/mol. The number of allylic oxidation sites excluding steroid dienone is 1. The summed E-state index contributed by atoms with van der Waals surface area (Å²) in [6.07, 6.45) is 0. The number of halogens is 2. The molecule has 0 bridgehead atoms. The molecule has 21 heavy (non-hydrogen) atoms. The molecule has 2 heteroatoms. The van der Waals surface area contributed by atoms with Crippen LogP contribution in [0.5, 0.6) is 0 Å². The lowest BCUT2D eigenvalue weighted by Gasteiger charge is -2.23. The number of benzene rings is 2. The molecule has 0 aliphatic carbocycles. The third-order valence-electron chi connectivity index (χ3n) is 3.61. The summed E-state index contributed by atoms with van der Waals surface area (Å²) in [6.45, 7) is 9.77. The van der Waals surface area contributed by atoms with Crippen LogP contribution in [0.3, 0.4) is 0 Å². The Balaban J connectivity index is 2.34. The van der Waals surface area contributed by atoms with Crippen LogP contribution in [0, 0.1) is 0 Å². The van der Waals surface area contributed by atoms with E-state index in [1.807, 2.05) is 0 Å². The molecule has 0 spiro atoms. The Kier molecular flexibility index (Phi) is 3.99. The summed E-state index contributed by atoms with van der Waals surface area (Å²) in [5, 5.41) is 0. The second kappa shape index (κ2) is 5.44. The quantitative estimate of drug-likeness (QED) is 0.670. The molecule has 2 aromatic carbocycles. The molecule has 0 N–H and O–H groups in total. The van der Waals surface area contributed by atoms with Gasteiger partial charge in [0.25, 0.3) is 5.92 Å². The van der Waals surface area contributed by atoms with Crippen molar-refractivity contribution in [1.82, 2.24) is 0 Å². The van der Waals surface area contributed by atoms with Crippen LogP contribution in [0.25, 0.3) is 5.57 Å². The Hall–Kier alpha value is -1.96. The highest BCUT2D eigenvalue weighted by molar-refractivity contribution is 5.70. The van der Waals surface area contributed by atoms with Gasteiger partial charge in [0.1, 0.15) is 0 Å². The van der Waals surface area contributed by atoms with Crippen LogP contribution < -0.4 is 0 Å². The molecule has 0 fully saturated rings. The number of hydrogen-bond donors (Lipinski definition) is 0. The van der Waals surface area contributed by atoms with Crippen LogP contribution in [0.15, 0.2) is 61.2 Å². The molecule has 0 heterocycles. The number of rotatable bonds is 3. The van der Waals surface area contributed by atoms with E-state index in [2.05, 4.69) is 27.4 Å². The van der Waals surface area contributed by atoms with Gasteiger partial charge in [-0.1, -0.05) is 81.9 Å². The largest absolute Gasteiger partial charge is 0.298 e. The first-order valence-corrected chi connectivity index (χ1v) is 6.96. The zero-order chi connectivity index (χ0) is 15.7. The summed E-state index contributed by atoms with van der Waals surface area (Å²) >= 11 is 0. The molecule has 0 atom stereocenters. The summed E-state index contributed by atoms with van der Waals surface area (Å²) in [7, 11) is 0. The van der Waals surface area contributed by atoms with Gasteiger partial charge in [0.05, 0.1) is 0 Å². The molecule has 0 nitrogen and oxygen atoms in total. The van der Waals surface area contributed by atoms with Crippen LogP contribution in [0.1, 0.15) is 37.5 Å². The molecule has 0 aliphatic rings. The molecule has 0 saturated heterocycles. The van der Waals surface area contributed by atoms with E-state index in [-0.39, 0.29) is 16.6 Å². The zero-order valence-electron chi connectivity index (χ0n) is 12.7. The van der Waals surface area contributed by atoms with Crippen molar-refractivity contribution in [2.75, 3.05) is 0 Å². The van der Waals surface area contributed by atoms with E-state index in [0.29, 0.717) is 5.56 Å². The van der Waals surface area contributed by atoms with Crippen LogP contribution in [-0.2, 0) is 11.3 Å². The van der Waals surface area contributed by atoms with Crippen LogP contribution in [-0.4, -0.2) is 0 Å². The molecule has 0 aliphatic heterocycles. The van der Waals surface area contributed by atoms with E-state index in [0.717, 1.165) is 5.56 Å². The molecular formula is C19H20F2. The minimum absolute atomic E-state index is 0.0237. The molecule has 0 saturated carbocycles. The zero-order valence-corrected chi connectivity index (χ0v) is 12.7. The first-order chi connectivity index (χ1) is 9.73. The molecule has 2 aromatic rings. The first-order valence-electron chi connectivity index (χ1n) is 6.96. The maximum atomic E-state index is 14.6. The number of alkyl halides is 2. The van der Waals surface area contributed by atoms with Crippen molar-refractivity contribution < 1.29 is 8.78 Å². The van der Waals surface area contributed by atoms with Crippen molar-refractivity contribution in [2.24, 2.45) is 0 Å². The molecule has 0 amide bonds. The lowest BCUT2D eigenvalue weighted by atomic mass is 9.85. The maximum Gasteiger partial charge on any atom is 0.298 e. The molecule has 110 valence electrons. The highest BCUT2D eigenvalue weighted by Gasteiger charge is 2.35. The van der Waals surface area contributed by atoms with Crippen molar-refractivity contribution in [3.05, 3.63) is 77.9 Å². The summed E-state index contributed by atoms with van der Waals surface area (Å²) in [6, 6.07) is 15.1. The Morgan fingerprint density at radius 1 is 0.810 bits per heavy atom. The molecule has 2 rings (SSSR count). The minimum Gasteiger partial charge on any atom is -0.196 e. The minimum atomic E-state index is -3.07. The van der Waals surface area contributed by atoms with Gasteiger partial charge in [0, 0.05) is 11.1 Å². The summed E-state index contributed by atoms with van der Waals surface area (Å²) in [4.78, 5) is 0. The summed E-state index contributed by atoms with van der Waals surface area (Å²) in [5.41, 5.74) is 1.25. The Morgan fingerprint density at radius 2 is 1.29 bits per heavy atom. The highest BCUT2D eigenvalue weighted by atomic mass is 19.3. The Morgan fingerprint density at radius 3 is 1.76 bits per heavy atom. The number of hydrogen-bond acceptors (Lipinski definition) is 0. The van der Waals surface area contributed by atoms with Crippen LogP contribution in [0.4, 0.5) is 8.78 Å². The van der Waals surface area contributed by atoms with E-state index >= 15 is 0 Å². The predicted molar refractivity (Wildman–Crippen MR) is 84.5 cm³/mol. The molecular weight excluding hydrogens is 266 g/mol. The smallest absolute Gasteiger partial charge is 0.196 e. The monoisotopic (exact) mass is 286 g/mol. The summed E-state index contributed by atoms with van der Waals surface area (Å²) in [5.74, 6) is -3.07. The van der Waals surface area contributed by atoms with E-state index in [4.69, 9.17) is 0 Å². The predicted octanol–water partition coefficient (Wildman–Crippen LogP) is 5.79. The van der Waals surface area contributed by atoms with Crippen molar-refractivity contribution in [3.8, 4) is 0 Å². The lowest BCUT2D eigenvalue weighted by molar-refractivity contribution is 0.0646. The third-order valence-corrected chi connectivity index (χ3v) is 3.61. The Bertz CT molecular complexity index is 617. The fourth-order valence-corrected chi connectivity index (χ4v) is 2.17. The van der Waals surface area contributed by atoms with Gasteiger partial charge < -0.3 is 0 Å². The third kappa shape index (κ3) is 3.21. The average Bonchev–Trinajstić information content (AvgIpc) is 2.46. The van der Waals surface area contributed by atoms with Gasteiger partial charge in [-0.05, 0) is 16.5 Å². The SMILES string of the molecule is C=C(c1ccccc1)C(F)(F)c1ccc(C(C)(C)C)cc1. The van der Waals surface area contributed by atoms with E-state index in [1.165, 1.54) is 12.1 Å². The Labute approximate surface area is 125 Å². The van der Waals surface area contributed by atoms with Gasteiger partial charge in [-0.25, -0.2) is 0 Å².